The van der Waals surface area contributed by atoms with Crippen molar-refractivity contribution >= 4 is 22.9 Å². The number of nitrogen functional groups attached to an aromatic ring is 1. The number of unbranched alkanes of at least 4 members (excludes halogenated alkanes) is 2. The third-order valence-electron chi connectivity index (χ3n) is 5.40. The SMILES string of the molecule is C#Cc1cc2c(cc1Cc1nc3c(N)nc(F)nc3n1CCCCCC(N)=O)CCO2. The minimum absolute atomic E-state index is 0.00393. The fraction of sp³-hybridized carbons (Fsp3) is 0.364. The zero-order valence-electron chi connectivity index (χ0n) is 17.0. The van der Waals surface area contributed by atoms with Crippen molar-refractivity contribution in [2.45, 2.75) is 45.1 Å². The molecule has 1 aliphatic rings. The van der Waals surface area contributed by atoms with E-state index >= 15 is 0 Å². The Balaban J connectivity index is 1.68. The number of anilines is 1. The maximum absolute atomic E-state index is 13.9. The first kappa shape index (κ1) is 20.6. The maximum Gasteiger partial charge on any atom is 0.312 e. The van der Waals surface area contributed by atoms with Gasteiger partial charge in [-0.2, -0.15) is 14.4 Å². The van der Waals surface area contributed by atoms with Crippen LogP contribution in [0.15, 0.2) is 12.1 Å². The monoisotopic (exact) mass is 422 g/mol. The van der Waals surface area contributed by atoms with Crippen LogP contribution in [0.3, 0.4) is 0 Å². The van der Waals surface area contributed by atoms with E-state index in [0.717, 1.165) is 41.7 Å². The van der Waals surface area contributed by atoms with Gasteiger partial charge in [0, 0.05) is 31.4 Å². The van der Waals surface area contributed by atoms with E-state index in [-0.39, 0.29) is 11.7 Å². The number of halogens is 1. The highest BCUT2D eigenvalue weighted by molar-refractivity contribution is 5.82. The molecule has 0 aliphatic carbocycles. The molecule has 0 saturated carbocycles. The van der Waals surface area contributed by atoms with Crippen LogP contribution in [0, 0.1) is 18.4 Å². The van der Waals surface area contributed by atoms with Gasteiger partial charge in [0.1, 0.15) is 11.6 Å². The number of aryl methyl sites for hydroxylation is 1. The Labute approximate surface area is 178 Å². The molecule has 3 heterocycles. The van der Waals surface area contributed by atoms with Crippen LogP contribution in [0.2, 0.25) is 0 Å². The average Bonchev–Trinajstić information content (AvgIpc) is 3.31. The van der Waals surface area contributed by atoms with Crippen molar-refractivity contribution in [3.05, 3.63) is 40.7 Å². The lowest BCUT2D eigenvalue weighted by atomic mass is 10.00. The van der Waals surface area contributed by atoms with Crippen molar-refractivity contribution in [2.24, 2.45) is 5.73 Å². The fourth-order valence-corrected chi connectivity index (χ4v) is 3.88. The molecule has 0 unspecified atom stereocenters. The number of carbonyl (C=O) groups is 1. The molecule has 0 radical (unpaired) electrons. The van der Waals surface area contributed by atoms with Gasteiger partial charge in [-0.15, -0.1) is 6.42 Å². The molecule has 0 atom stereocenters. The first-order valence-corrected chi connectivity index (χ1v) is 10.2. The minimum atomic E-state index is -0.898. The van der Waals surface area contributed by atoms with Crippen LogP contribution in [0.1, 0.15) is 48.2 Å². The number of nitrogens with zero attached hydrogens (tertiary/aromatic N) is 4. The molecule has 1 amide bonds. The highest BCUT2D eigenvalue weighted by Gasteiger charge is 2.20. The Morgan fingerprint density at radius 3 is 2.87 bits per heavy atom. The van der Waals surface area contributed by atoms with Crippen LogP contribution in [-0.2, 0) is 24.2 Å². The summed E-state index contributed by atoms with van der Waals surface area (Å²) in [6, 6.07) is 3.92. The number of carbonyl (C=O) groups excluding carboxylic acids is 1. The molecular formula is C22H23FN6O2. The zero-order valence-corrected chi connectivity index (χ0v) is 17.0. The molecule has 1 aliphatic heterocycles. The Hall–Kier alpha value is -3.67. The number of amides is 1. The Morgan fingerprint density at radius 1 is 1.26 bits per heavy atom. The van der Waals surface area contributed by atoms with Crippen LogP contribution in [0.4, 0.5) is 10.2 Å². The number of ether oxygens (including phenoxy) is 1. The third-order valence-corrected chi connectivity index (χ3v) is 5.40. The summed E-state index contributed by atoms with van der Waals surface area (Å²) < 4.78 is 21.3. The maximum atomic E-state index is 13.9. The van der Waals surface area contributed by atoms with Gasteiger partial charge in [-0.1, -0.05) is 18.4 Å². The number of hydrogen-bond donors (Lipinski definition) is 2. The third kappa shape index (κ3) is 4.28. The van der Waals surface area contributed by atoms with Crippen LogP contribution in [-0.4, -0.2) is 32.0 Å². The predicted molar refractivity (Wildman–Crippen MR) is 114 cm³/mol. The number of nitrogens with two attached hydrogens (primary N) is 2. The molecule has 3 aromatic rings. The number of hydrogen-bond acceptors (Lipinski definition) is 6. The number of rotatable bonds is 8. The van der Waals surface area contributed by atoms with Crippen molar-refractivity contribution in [3.63, 3.8) is 0 Å². The number of fused-ring (bicyclic) bond motifs is 2. The van der Waals surface area contributed by atoms with E-state index in [4.69, 9.17) is 22.6 Å². The van der Waals surface area contributed by atoms with Crippen LogP contribution < -0.4 is 16.2 Å². The van der Waals surface area contributed by atoms with Crippen molar-refractivity contribution in [1.29, 1.82) is 0 Å². The van der Waals surface area contributed by atoms with Gasteiger partial charge in [0.15, 0.2) is 17.0 Å². The number of terminal acetylenes is 1. The second kappa shape index (κ2) is 8.60. The van der Waals surface area contributed by atoms with Gasteiger partial charge in [-0.25, -0.2) is 4.98 Å². The van der Waals surface area contributed by atoms with Gasteiger partial charge in [0.25, 0.3) is 0 Å². The molecule has 4 N–H and O–H groups in total. The highest BCUT2D eigenvalue weighted by Crippen LogP contribution is 2.30. The van der Waals surface area contributed by atoms with Gasteiger partial charge in [-0.3, -0.25) is 4.79 Å². The number of aromatic nitrogens is 4. The topological polar surface area (TPSA) is 122 Å². The lowest BCUT2D eigenvalue weighted by Gasteiger charge is -2.11. The first-order valence-electron chi connectivity index (χ1n) is 10.2. The second-order valence-electron chi connectivity index (χ2n) is 7.54. The Bertz CT molecular complexity index is 1200. The van der Waals surface area contributed by atoms with Crippen LogP contribution in [0.25, 0.3) is 11.2 Å². The van der Waals surface area contributed by atoms with Crippen molar-refractivity contribution < 1.29 is 13.9 Å². The molecule has 0 fully saturated rings. The lowest BCUT2D eigenvalue weighted by Crippen LogP contribution is -2.10. The van der Waals surface area contributed by atoms with Gasteiger partial charge in [0.05, 0.1) is 6.61 Å². The normalized spacial score (nSPS) is 12.5. The van der Waals surface area contributed by atoms with E-state index in [0.29, 0.717) is 49.4 Å². The van der Waals surface area contributed by atoms with Crippen molar-refractivity contribution in [3.8, 4) is 18.1 Å². The van der Waals surface area contributed by atoms with Crippen LogP contribution in [0.5, 0.6) is 5.75 Å². The quantitative estimate of drug-likeness (QED) is 0.326. The molecule has 0 saturated heterocycles. The molecule has 9 heteroatoms. The lowest BCUT2D eigenvalue weighted by molar-refractivity contribution is -0.118. The summed E-state index contributed by atoms with van der Waals surface area (Å²) in [5, 5.41) is 0. The predicted octanol–water partition coefficient (Wildman–Crippen LogP) is 2.10. The summed E-state index contributed by atoms with van der Waals surface area (Å²) in [4.78, 5) is 23.1. The largest absolute Gasteiger partial charge is 0.493 e. The number of primary amides is 1. The number of benzene rings is 1. The average molecular weight is 422 g/mol. The van der Waals surface area contributed by atoms with E-state index in [2.05, 4.69) is 20.9 Å². The van der Waals surface area contributed by atoms with Gasteiger partial charge >= 0.3 is 6.08 Å². The van der Waals surface area contributed by atoms with E-state index in [1.807, 2.05) is 16.7 Å². The minimum Gasteiger partial charge on any atom is -0.493 e. The molecule has 1 aromatic carbocycles. The molecule has 8 nitrogen and oxygen atoms in total. The van der Waals surface area contributed by atoms with Gasteiger partial charge in [-0.05, 0) is 30.0 Å². The molecule has 0 spiro atoms. The number of imidazole rings is 1. The molecule has 2 aromatic heterocycles. The molecule has 31 heavy (non-hydrogen) atoms. The van der Waals surface area contributed by atoms with Gasteiger partial charge < -0.3 is 20.8 Å². The highest BCUT2D eigenvalue weighted by atomic mass is 19.1. The standard InChI is InChI=1S/C22H23FN6O2/c1-2-13-11-16-14(7-9-31-16)10-15(13)12-18-26-19-20(25)27-22(23)28-21(19)29(18)8-5-3-4-6-17(24)30/h1,10-11H,3-9,12H2,(H2,24,30)(H2,25,27,28). The van der Waals surface area contributed by atoms with Gasteiger partial charge in [0.2, 0.25) is 5.91 Å². The summed E-state index contributed by atoms with van der Waals surface area (Å²) in [7, 11) is 0. The summed E-state index contributed by atoms with van der Waals surface area (Å²) in [6.07, 6.45) is 8.66. The van der Waals surface area contributed by atoms with Crippen molar-refractivity contribution in [2.75, 3.05) is 12.3 Å². The Kier molecular flexibility index (Phi) is 5.71. The smallest absolute Gasteiger partial charge is 0.312 e. The Morgan fingerprint density at radius 2 is 2.10 bits per heavy atom. The molecule has 4 rings (SSSR count). The summed E-state index contributed by atoms with van der Waals surface area (Å²) in [5.41, 5.74) is 14.6. The molecular weight excluding hydrogens is 399 g/mol. The zero-order chi connectivity index (χ0) is 22.0. The van der Waals surface area contributed by atoms with Crippen LogP contribution >= 0.6 is 0 Å². The van der Waals surface area contributed by atoms with E-state index in [1.54, 1.807) is 0 Å². The van der Waals surface area contributed by atoms with E-state index in [1.165, 1.54) is 0 Å². The summed E-state index contributed by atoms with van der Waals surface area (Å²) >= 11 is 0. The summed E-state index contributed by atoms with van der Waals surface area (Å²) in [6.45, 7) is 1.18. The molecule has 160 valence electrons. The first-order chi connectivity index (χ1) is 15.0. The fourth-order valence-electron chi connectivity index (χ4n) is 3.88. The van der Waals surface area contributed by atoms with E-state index < -0.39 is 6.08 Å². The van der Waals surface area contributed by atoms with E-state index in [9.17, 15) is 9.18 Å². The second-order valence-corrected chi connectivity index (χ2v) is 7.54. The summed E-state index contributed by atoms with van der Waals surface area (Å²) in [5.74, 6) is 3.88. The van der Waals surface area contributed by atoms with Crippen molar-refractivity contribution in [1.82, 2.24) is 19.5 Å². The molecule has 0 bridgehead atoms.